The van der Waals surface area contributed by atoms with E-state index in [1.165, 1.54) is 0 Å². The van der Waals surface area contributed by atoms with Crippen molar-refractivity contribution in [2.75, 3.05) is 25.0 Å². The van der Waals surface area contributed by atoms with E-state index in [-0.39, 0.29) is 18.6 Å². The molecule has 4 nitrogen and oxygen atoms in total. The maximum absolute atomic E-state index is 11.9. The standard InChI is InChI=1S/C13H19IN2O2/c1-10(2)16(7-8-17)9-13(18)15-12-6-4-3-5-11(12)14/h3-6,10,17H,7-9H2,1-2H3,(H,15,18). The number of hydrogen-bond acceptors (Lipinski definition) is 3. The van der Waals surface area contributed by atoms with Crippen LogP contribution in [0.2, 0.25) is 0 Å². The second-order valence-electron chi connectivity index (χ2n) is 4.32. The number of halogens is 1. The van der Waals surface area contributed by atoms with Crippen molar-refractivity contribution in [3.63, 3.8) is 0 Å². The molecule has 1 amide bonds. The van der Waals surface area contributed by atoms with E-state index in [4.69, 9.17) is 5.11 Å². The molecular formula is C13H19IN2O2. The van der Waals surface area contributed by atoms with Crippen molar-refractivity contribution in [1.82, 2.24) is 4.90 Å². The van der Waals surface area contributed by atoms with Crippen molar-refractivity contribution < 1.29 is 9.90 Å². The number of amides is 1. The zero-order valence-electron chi connectivity index (χ0n) is 10.7. The molecule has 1 aromatic rings. The molecule has 5 heteroatoms. The molecule has 1 rings (SSSR count). The van der Waals surface area contributed by atoms with Crippen LogP contribution in [0.5, 0.6) is 0 Å². The van der Waals surface area contributed by atoms with Gasteiger partial charge in [-0.25, -0.2) is 0 Å². The molecule has 1 aromatic carbocycles. The van der Waals surface area contributed by atoms with Gasteiger partial charge in [-0.15, -0.1) is 0 Å². The fraction of sp³-hybridized carbons (Fsp3) is 0.462. The van der Waals surface area contributed by atoms with Gasteiger partial charge in [-0.05, 0) is 48.6 Å². The molecule has 0 atom stereocenters. The molecule has 18 heavy (non-hydrogen) atoms. The number of para-hydroxylation sites is 1. The van der Waals surface area contributed by atoms with Gasteiger partial charge in [-0.3, -0.25) is 9.69 Å². The lowest BCUT2D eigenvalue weighted by atomic mass is 10.3. The Hall–Kier alpha value is -0.660. The first-order valence-electron chi connectivity index (χ1n) is 5.94. The lowest BCUT2D eigenvalue weighted by Gasteiger charge is -2.24. The van der Waals surface area contributed by atoms with Crippen molar-refractivity contribution in [2.45, 2.75) is 19.9 Å². The zero-order valence-corrected chi connectivity index (χ0v) is 12.8. The SMILES string of the molecule is CC(C)N(CCO)CC(=O)Nc1ccccc1I. The molecule has 100 valence electrons. The summed E-state index contributed by atoms with van der Waals surface area (Å²) in [7, 11) is 0. The van der Waals surface area contributed by atoms with Crippen LogP contribution in [0.15, 0.2) is 24.3 Å². The van der Waals surface area contributed by atoms with E-state index < -0.39 is 0 Å². The van der Waals surface area contributed by atoms with Gasteiger partial charge in [0.15, 0.2) is 0 Å². The first-order valence-corrected chi connectivity index (χ1v) is 7.01. The van der Waals surface area contributed by atoms with Gasteiger partial charge in [0.1, 0.15) is 0 Å². The van der Waals surface area contributed by atoms with Gasteiger partial charge < -0.3 is 10.4 Å². The summed E-state index contributed by atoms with van der Waals surface area (Å²) in [5, 5.41) is 11.8. The fourth-order valence-corrected chi connectivity index (χ4v) is 2.11. The predicted molar refractivity (Wildman–Crippen MR) is 81.6 cm³/mol. The molecule has 0 bridgehead atoms. The number of rotatable bonds is 6. The highest BCUT2D eigenvalue weighted by atomic mass is 127. The average Bonchev–Trinajstić information content (AvgIpc) is 2.31. The predicted octanol–water partition coefficient (Wildman–Crippen LogP) is 1.93. The average molecular weight is 362 g/mol. The van der Waals surface area contributed by atoms with Gasteiger partial charge in [0.2, 0.25) is 5.91 Å². The van der Waals surface area contributed by atoms with Crippen LogP contribution < -0.4 is 5.32 Å². The normalized spacial score (nSPS) is 11.0. The van der Waals surface area contributed by atoms with Gasteiger partial charge in [0.05, 0.1) is 18.8 Å². The van der Waals surface area contributed by atoms with E-state index in [0.717, 1.165) is 9.26 Å². The summed E-state index contributed by atoms with van der Waals surface area (Å²) in [6.45, 7) is 4.89. The van der Waals surface area contributed by atoms with E-state index in [2.05, 4.69) is 27.9 Å². The summed E-state index contributed by atoms with van der Waals surface area (Å²) in [4.78, 5) is 13.9. The third-order valence-corrected chi connectivity index (χ3v) is 3.55. The maximum atomic E-state index is 11.9. The number of hydrogen-bond donors (Lipinski definition) is 2. The number of aliphatic hydroxyl groups excluding tert-OH is 1. The Bertz CT molecular complexity index is 396. The van der Waals surface area contributed by atoms with Crippen LogP contribution in [0.3, 0.4) is 0 Å². The van der Waals surface area contributed by atoms with Crippen molar-refractivity contribution in [2.24, 2.45) is 0 Å². The summed E-state index contributed by atoms with van der Waals surface area (Å²) < 4.78 is 1.02. The van der Waals surface area contributed by atoms with Crippen molar-refractivity contribution in [3.8, 4) is 0 Å². The molecule has 0 spiro atoms. The van der Waals surface area contributed by atoms with E-state index in [9.17, 15) is 4.79 Å². The smallest absolute Gasteiger partial charge is 0.238 e. The van der Waals surface area contributed by atoms with E-state index in [0.29, 0.717) is 13.1 Å². The lowest BCUT2D eigenvalue weighted by molar-refractivity contribution is -0.117. The van der Waals surface area contributed by atoms with E-state index >= 15 is 0 Å². The Labute approximate surface area is 122 Å². The van der Waals surface area contributed by atoms with Crippen molar-refractivity contribution in [1.29, 1.82) is 0 Å². The van der Waals surface area contributed by atoms with Crippen LogP contribution in [0.4, 0.5) is 5.69 Å². The van der Waals surface area contributed by atoms with Crippen LogP contribution in [0.1, 0.15) is 13.8 Å². The summed E-state index contributed by atoms with van der Waals surface area (Å²) in [5.41, 5.74) is 0.829. The second kappa shape index (κ2) is 7.70. The Morgan fingerprint density at radius 2 is 2.11 bits per heavy atom. The minimum atomic E-state index is -0.0544. The molecule has 0 aliphatic rings. The Morgan fingerprint density at radius 1 is 1.44 bits per heavy atom. The lowest BCUT2D eigenvalue weighted by Crippen LogP contribution is -2.39. The summed E-state index contributed by atoms with van der Waals surface area (Å²) in [5.74, 6) is -0.0544. The monoisotopic (exact) mass is 362 g/mol. The van der Waals surface area contributed by atoms with Crippen molar-refractivity contribution >= 4 is 34.2 Å². The highest BCUT2D eigenvalue weighted by Crippen LogP contribution is 2.16. The number of aliphatic hydroxyl groups is 1. The molecular weight excluding hydrogens is 343 g/mol. The third-order valence-electron chi connectivity index (χ3n) is 2.61. The van der Waals surface area contributed by atoms with Crippen LogP contribution in [0, 0.1) is 3.57 Å². The second-order valence-corrected chi connectivity index (χ2v) is 5.48. The number of carbonyl (C=O) groups is 1. The van der Waals surface area contributed by atoms with Crippen LogP contribution in [-0.2, 0) is 4.79 Å². The molecule has 0 fully saturated rings. The first-order chi connectivity index (χ1) is 8.54. The highest BCUT2D eigenvalue weighted by molar-refractivity contribution is 14.1. The largest absolute Gasteiger partial charge is 0.395 e. The van der Waals surface area contributed by atoms with Crippen LogP contribution in [-0.4, -0.2) is 41.7 Å². The summed E-state index contributed by atoms with van der Waals surface area (Å²) >= 11 is 2.19. The molecule has 0 unspecified atom stereocenters. The van der Waals surface area contributed by atoms with Gasteiger partial charge in [-0.1, -0.05) is 12.1 Å². The minimum absolute atomic E-state index is 0.0544. The summed E-state index contributed by atoms with van der Waals surface area (Å²) in [6, 6.07) is 7.89. The number of anilines is 1. The van der Waals surface area contributed by atoms with Gasteiger partial charge >= 0.3 is 0 Å². The number of nitrogens with zero attached hydrogens (tertiary/aromatic N) is 1. The molecule has 0 heterocycles. The van der Waals surface area contributed by atoms with E-state index in [1.54, 1.807) is 0 Å². The summed E-state index contributed by atoms with van der Waals surface area (Å²) in [6.07, 6.45) is 0. The Balaban J connectivity index is 2.58. The molecule has 0 aromatic heterocycles. The third kappa shape index (κ3) is 4.91. The maximum Gasteiger partial charge on any atom is 0.238 e. The molecule has 0 aliphatic carbocycles. The first kappa shape index (κ1) is 15.4. The molecule has 0 saturated carbocycles. The minimum Gasteiger partial charge on any atom is -0.395 e. The molecule has 2 N–H and O–H groups in total. The number of carbonyl (C=O) groups excluding carboxylic acids is 1. The molecule has 0 saturated heterocycles. The van der Waals surface area contributed by atoms with E-state index in [1.807, 2.05) is 43.0 Å². The Morgan fingerprint density at radius 3 is 2.67 bits per heavy atom. The fourth-order valence-electron chi connectivity index (χ4n) is 1.59. The Kier molecular flexibility index (Phi) is 6.59. The zero-order chi connectivity index (χ0) is 13.5. The highest BCUT2D eigenvalue weighted by Gasteiger charge is 2.14. The molecule has 0 aliphatic heterocycles. The number of nitrogens with one attached hydrogen (secondary N) is 1. The van der Waals surface area contributed by atoms with Crippen LogP contribution >= 0.6 is 22.6 Å². The number of benzene rings is 1. The van der Waals surface area contributed by atoms with Crippen LogP contribution in [0.25, 0.3) is 0 Å². The van der Waals surface area contributed by atoms with Crippen molar-refractivity contribution in [3.05, 3.63) is 27.8 Å². The van der Waals surface area contributed by atoms with Gasteiger partial charge in [0.25, 0.3) is 0 Å². The topological polar surface area (TPSA) is 52.6 Å². The van der Waals surface area contributed by atoms with Gasteiger partial charge in [0, 0.05) is 16.2 Å². The quantitative estimate of drug-likeness (QED) is 0.761. The van der Waals surface area contributed by atoms with Gasteiger partial charge in [-0.2, -0.15) is 0 Å². The molecule has 0 radical (unpaired) electrons.